The largest absolute Gasteiger partial charge is 0.358 e. The number of para-hydroxylation sites is 1. The molecule has 0 spiro atoms. The molecule has 1 heterocycles. The van der Waals surface area contributed by atoms with Gasteiger partial charge in [0.25, 0.3) is 0 Å². The van der Waals surface area contributed by atoms with E-state index < -0.39 is 0 Å². The number of pyridine rings is 1. The number of fused-ring (bicyclic) bond motifs is 1. The zero-order valence-corrected chi connectivity index (χ0v) is 17.5. The summed E-state index contributed by atoms with van der Waals surface area (Å²) in [6, 6.07) is 7.73. The maximum atomic E-state index is 12.7. The smallest absolute Gasteiger partial charge is 0.193 e. The third-order valence-corrected chi connectivity index (χ3v) is 5.00. The Kier molecular flexibility index (Phi) is 7.84. The summed E-state index contributed by atoms with van der Waals surface area (Å²) in [5.41, 5.74) is 7.11. The number of hydrogen-bond donors (Lipinski definition) is 1. The zero-order chi connectivity index (χ0) is 19.8. The van der Waals surface area contributed by atoms with E-state index in [2.05, 4.69) is 50.9 Å². The van der Waals surface area contributed by atoms with Crippen LogP contribution in [0.1, 0.15) is 64.6 Å². The predicted octanol–water partition coefficient (Wildman–Crippen LogP) is 6.80. The predicted molar refractivity (Wildman–Crippen MR) is 118 cm³/mol. The van der Waals surface area contributed by atoms with E-state index in [9.17, 15) is 4.79 Å². The average molecular weight is 364 g/mol. The highest BCUT2D eigenvalue weighted by molar-refractivity contribution is 5.79. The van der Waals surface area contributed by atoms with E-state index in [0.29, 0.717) is 6.42 Å². The lowest BCUT2D eigenvalue weighted by Crippen LogP contribution is -2.12. The Hall–Kier alpha value is -2.35. The minimum atomic E-state index is 0.154. The summed E-state index contributed by atoms with van der Waals surface area (Å²) >= 11 is 0. The highest BCUT2D eigenvalue weighted by Gasteiger charge is 2.07. The van der Waals surface area contributed by atoms with E-state index in [0.717, 1.165) is 47.8 Å². The highest BCUT2D eigenvalue weighted by atomic mass is 16.1. The molecule has 2 heteroatoms. The summed E-state index contributed by atoms with van der Waals surface area (Å²) < 4.78 is 0. The van der Waals surface area contributed by atoms with Crippen LogP contribution < -0.4 is 5.43 Å². The first-order chi connectivity index (χ1) is 12.9. The van der Waals surface area contributed by atoms with Crippen molar-refractivity contribution in [3.05, 3.63) is 80.7 Å². The van der Waals surface area contributed by atoms with Crippen molar-refractivity contribution in [2.75, 3.05) is 0 Å². The molecule has 0 atom stereocenters. The Bertz CT molecular complexity index is 921. The van der Waals surface area contributed by atoms with Crippen molar-refractivity contribution in [2.45, 2.75) is 66.7 Å². The highest BCUT2D eigenvalue weighted by Crippen LogP contribution is 2.14. The van der Waals surface area contributed by atoms with E-state index in [1.807, 2.05) is 31.2 Å². The SMILES string of the molecule is CC(C)=CCC/C(C)=C/CC/C(C)=C/Cc1c(C)[nH]c2ccccc2c1=O. The molecule has 2 aromatic rings. The fourth-order valence-electron chi connectivity index (χ4n) is 3.26. The summed E-state index contributed by atoms with van der Waals surface area (Å²) in [6.45, 7) is 10.7. The van der Waals surface area contributed by atoms with Crippen LogP contribution in [0.15, 0.2) is 64.0 Å². The van der Waals surface area contributed by atoms with Crippen LogP contribution in [0.4, 0.5) is 0 Å². The maximum absolute atomic E-state index is 12.7. The third-order valence-electron chi connectivity index (χ3n) is 5.00. The minimum Gasteiger partial charge on any atom is -0.358 e. The van der Waals surface area contributed by atoms with Gasteiger partial charge in [0.15, 0.2) is 5.43 Å². The Labute approximate surface area is 163 Å². The summed E-state index contributed by atoms with van der Waals surface area (Å²) in [5, 5.41) is 0.777. The second-order valence-electron chi connectivity index (χ2n) is 7.77. The topological polar surface area (TPSA) is 32.9 Å². The molecular weight excluding hydrogens is 330 g/mol. The molecule has 0 aliphatic heterocycles. The van der Waals surface area contributed by atoms with Crippen molar-refractivity contribution in [3.8, 4) is 0 Å². The number of nitrogens with one attached hydrogen (secondary N) is 1. The van der Waals surface area contributed by atoms with Gasteiger partial charge in [-0.1, -0.05) is 47.1 Å². The van der Waals surface area contributed by atoms with E-state index in [1.54, 1.807) is 0 Å². The summed E-state index contributed by atoms with van der Waals surface area (Å²) in [4.78, 5) is 16.1. The third kappa shape index (κ3) is 6.39. The summed E-state index contributed by atoms with van der Waals surface area (Å²) in [6.07, 6.45) is 11.9. The van der Waals surface area contributed by atoms with Gasteiger partial charge in [0.05, 0.1) is 0 Å². The number of benzene rings is 1. The Balaban J connectivity index is 1.97. The van der Waals surface area contributed by atoms with Crippen LogP contribution in [0.25, 0.3) is 10.9 Å². The maximum Gasteiger partial charge on any atom is 0.193 e. The summed E-state index contributed by atoms with van der Waals surface area (Å²) in [7, 11) is 0. The normalized spacial score (nSPS) is 12.5. The molecule has 0 radical (unpaired) electrons. The van der Waals surface area contributed by atoms with Crippen LogP contribution in [-0.2, 0) is 6.42 Å². The van der Waals surface area contributed by atoms with Crippen LogP contribution in [0.2, 0.25) is 0 Å². The Morgan fingerprint density at radius 1 is 0.926 bits per heavy atom. The number of hydrogen-bond acceptors (Lipinski definition) is 1. The van der Waals surface area contributed by atoms with E-state index in [-0.39, 0.29) is 5.43 Å². The molecule has 0 unspecified atom stereocenters. The average Bonchev–Trinajstić information content (AvgIpc) is 2.61. The van der Waals surface area contributed by atoms with Gasteiger partial charge in [0, 0.05) is 22.2 Å². The van der Waals surface area contributed by atoms with E-state index in [4.69, 9.17) is 0 Å². The monoisotopic (exact) mass is 363 g/mol. The van der Waals surface area contributed by atoms with Crippen LogP contribution in [0.3, 0.4) is 0 Å². The van der Waals surface area contributed by atoms with Crippen molar-refractivity contribution in [3.63, 3.8) is 0 Å². The number of rotatable bonds is 8. The van der Waals surface area contributed by atoms with Crippen molar-refractivity contribution in [1.29, 1.82) is 0 Å². The molecule has 144 valence electrons. The fraction of sp³-hybridized carbons (Fsp3) is 0.400. The molecule has 0 aliphatic carbocycles. The second kappa shape index (κ2) is 10.1. The van der Waals surface area contributed by atoms with Gasteiger partial charge in [-0.25, -0.2) is 0 Å². The molecule has 2 rings (SSSR count). The first kappa shape index (κ1) is 21.0. The number of aromatic amines is 1. The van der Waals surface area contributed by atoms with Crippen LogP contribution in [0.5, 0.6) is 0 Å². The zero-order valence-electron chi connectivity index (χ0n) is 17.5. The molecule has 1 aromatic carbocycles. The van der Waals surface area contributed by atoms with Crippen molar-refractivity contribution in [1.82, 2.24) is 4.98 Å². The second-order valence-corrected chi connectivity index (χ2v) is 7.77. The molecule has 0 bridgehead atoms. The molecule has 0 fully saturated rings. The fourth-order valence-corrected chi connectivity index (χ4v) is 3.26. The van der Waals surface area contributed by atoms with E-state index in [1.165, 1.54) is 16.7 Å². The van der Waals surface area contributed by atoms with Gasteiger partial charge in [0.1, 0.15) is 0 Å². The van der Waals surface area contributed by atoms with E-state index >= 15 is 0 Å². The van der Waals surface area contributed by atoms with Gasteiger partial charge in [-0.3, -0.25) is 4.79 Å². The number of aryl methyl sites for hydroxylation is 1. The lowest BCUT2D eigenvalue weighted by atomic mass is 10.0. The minimum absolute atomic E-state index is 0.154. The first-order valence-electron chi connectivity index (χ1n) is 9.93. The Morgan fingerprint density at radius 3 is 2.26 bits per heavy atom. The van der Waals surface area contributed by atoms with Crippen molar-refractivity contribution < 1.29 is 0 Å². The number of aromatic nitrogens is 1. The van der Waals surface area contributed by atoms with Gasteiger partial charge >= 0.3 is 0 Å². The van der Waals surface area contributed by atoms with Crippen molar-refractivity contribution >= 4 is 10.9 Å². The van der Waals surface area contributed by atoms with Gasteiger partial charge < -0.3 is 4.98 Å². The molecule has 0 saturated heterocycles. The molecule has 1 N–H and O–H groups in total. The Morgan fingerprint density at radius 2 is 1.56 bits per heavy atom. The van der Waals surface area contributed by atoms with Crippen molar-refractivity contribution in [2.24, 2.45) is 0 Å². The molecule has 0 saturated carbocycles. The quantitative estimate of drug-likeness (QED) is 0.514. The standard InChI is InChI=1S/C25H33NO/c1-18(2)10-8-11-19(3)12-9-13-20(4)16-17-22-21(5)26-24-15-7-6-14-23(24)25(22)27/h6-7,10,12,14-16H,8-9,11,13,17H2,1-5H3,(H,26,27)/b19-12+,20-16+. The number of H-pyrrole nitrogens is 1. The molecule has 0 amide bonds. The summed E-state index contributed by atoms with van der Waals surface area (Å²) in [5.74, 6) is 0. The van der Waals surface area contributed by atoms with Crippen LogP contribution in [-0.4, -0.2) is 4.98 Å². The molecule has 2 nitrogen and oxygen atoms in total. The molecule has 0 aliphatic rings. The van der Waals surface area contributed by atoms with Crippen LogP contribution >= 0.6 is 0 Å². The molecule has 1 aromatic heterocycles. The molecular formula is C25H33NO. The lowest BCUT2D eigenvalue weighted by molar-refractivity contribution is 0.913. The van der Waals surface area contributed by atoms with Gasteiger partial charge in [-0.05, 0) is 78.9 Å². The van der Waals surface area contributed by atoms with Gasteiger partial charge in [-0.2, -0.15) is 0 Å². The first-order valence-corrected chi connectivity index (χ1v) is 9.93. The molecule has 27 heavy (non-hydrogen) atoms. The number of allylic oxidation sites excluding steroid dienone is 6. The van der Waals surface area contributed by atoms with Gasteiger partial charge in [0.2, 0.25) is 0 Å². The van der Waals surface area contributed by atoms with Gasteiger partial charge in [-0.15, -0.1) is 0 Å². The van der Waals surface area contributed by atoms with Crippen LogP contribution in [0, 0.1) is 6.92 Å². The lowest BCUT2D eigenvalue weighted by Gasteiger charge is -2.07.